The Labute approximate surface area is 92.0 Å². The second kappa shape index (κ2) is 6.09. The van der Waals surface area contributed by atoms with E-state index in [1.165, 1.54) is 6.92 Å². The van der Waals surface area contributed by atoms with E-state index in [0.717, 1.165) is 0 Å². The lowest BCUT2D eigenvalue weighted by Gasteiger charge is -2.15. The molecule has 0 spiro atoms. The third-order valence-electron chi connectivity index (χ3n) is 1.31. The SMILES string of the molecule is CC(=O)OCCCC(O)[Si](Cl)(Cl)Cl. The summed E-state index contributed by atoms with van der Waals surface area (Å²) in [5, 5.41) is 9.28. The number of ether oxygens (including phenoxy) is 1. The summed E-state index contributed by atoms with van der Waals surface area (Å²) in [6.45, 7) is 1.57. The van der Waals surface area contributed by atoms with Crippen LogP contribution in [0.15, 0.2) is 0 Å². The molecule has 7 heteroatoms. The van der Waals surface area contributed by atoms with Gasteiger partial charge in [-0.2, -0.15) is 0 Å². The largest absolute Gasteiger partial charge is 0.466 e. The van der Waals surface area contributed by atoms with E-state index < -0.39 is 11.7 Å². The lowest BCUT2D eigenvalue weighted by atomic mass is 10.3. The lowest BCUT2D eigenvalue weighted by Crippen LogP contribution is -2.31. The molecule has 1 N–H and O–H groups in total. The van der Waals surface area contributed by atoms with E-state index in [9.17, 15) is 9.90 Å². The lowest BCUT2D eigenvalue weighted by molar-refractivity contribution is -0.141. The fraction of sp³-hybridized carbons (Fsp3) is 0.833. The second-order valence-electron chi connectivity index (χ2n) is 2.54. The van der Waals surface area contributed by atoms with Crippen molar-refractivity contribution in [2.45, 2.75) is 25.5 Å². The summed E-state index contributed by atoms with van der Waals surface area (Å²) in [4.78, 5) is 10.3. The summed E-state index contributed by atoms with van der Waals surface area (Å²) >= 11 is 16.6. The van der Waals surface area contributed by atoms with Crippen LogP contribution in [-0.2, 0) is 9.53 Å². The molecule has 0 heterocycles. The Hall–Kier alpha value is 0.517. The molecule has 0 aliphatic rings. The highest BCUT2D eigenvalue weighted by atomic mass is 35.8. The highest BCUT2D eigenvalue weighted by molar-refractivity contribution is 7.65. The molecule has 0 fully saturated rings. The summed E-state index contributed by atoms with van der Waals surface area (Å²) in [6, 6.07) is -3.01. The van der Waals surface area contributed by atoms with Crippen molar-refractivity contribution in [3.63, 3.8) is 0 Å². The molecule has 0 aromatic carbocycles. The van der Waals surface area contributed by atoms with E-state index in [4.69, 9.17) is 33.2 Å². The Morgan fingerprint density at radius 2 is 2.08 bits per heavy atom. The zero-order valence-electron chi connectivity index (χ0n) is 7.10. The number of esters is 1. The van der Waals surface area contributed by atoms with Gasteiger partial charge >= 0.3 is 12.0 Å². The first-order chi connectivity index (χ1) is 5.84. The normalized spacial score (nSPS) is 13.9. The highest BCUT2D eigenvalue weighted by Crippen LogP contribution is 2.26. The Morgan fingerprint density at radius 1 is 1.54 bits per heavy atom. The van der Waals surface area contributed by atoms with Crippen LogP contribution in [0, 0.1) is 0 Å². The van der Waals surface area contributed by atoms with Gasteiger partial charge in [0, 0.05) is 6.92 Å². The highest BCUT2D eigenvalue weighted by Gasteiger charge is 2.34. The molecule has 0 aromatic rings. The van der Waals surface area contributed by atoms with Crippen LogP contribution in [0.4, 0.5) is 0 Å². The fourth-order valence-electron chi connectivity index (χ4n) is 0.656. The van der Waals surface area contributed by atoms with Gasteiger partial charge in [0.25, 0.3) is 0 Å². The number of rotatable bonds is 5. The van der Waals surface area contributed by atoms with E-state index in [-0.39, 0.29) is 12.6 Å². The zero-order valence-corrected chi connectivity index (χ0v) is 10.4. The molecule has 0 amide bonds. The Kier molecular flexibility index (Phi) is 6.33. The molecule has 13 heavy (non-hydrogen) atoms. The van der Waals surface area contributed by atoms with Gasteiger partial charge in [-0.1, -0.05) is 0 Å². The van der Waals surface area contributed by atoms with Crippen molar-refractivity contribution < 1.29 is 14.6 Å². The van der Waals surface area contributed by atoms with Crippen LogP contribution in [0.2, 0.25) is 0 Å². The average molecular weight is 266 g/mol. The van der Waals surface area contributed by atoms with Gasteiger partial charge in [0.15, 0.2) is 0 Å². The van der Waals surface area contributed by atoms with Crippen LogP contribution in [0.25, 0.3) is 0 Å². The number of hydrogen-bond acceptors (Lipinski definition) is 3. The minimum absolute atomic E-state index is 0.252. The van der Waals surface area contributed by atoms with Crippen LogP contribution in [0.1, 0.15) is 19.8 Å². The van der Waals surface area contributed by atoms with Crippen LogP contribution in [0.3, 0.4) is 0 Å². The van der Waals surface area contributed by atoms with E-state index in [1.807, 2.05) is 0 Å². The Morgan fingerprint density at radius 3 is 2.46 bits per heavy atom. The topological polar surface area (TPSA) is 46.5 Å². The van der Waals surface area contributed by atoms with Crippen molar-refractivity contribution in [2.75, 3.05) is 6.61 Å². The number of aliphatic hydroxyl groups excluding tert-OH is 1. The monoisotopic (exact) mass is 264 g/mol. The van der Waals surface area contributed by atoms with Gasteiger partial charge in [0.1, 0.15) is 0 Å². The van der Waals surface area contributed by atoms with Crippen molar-refractivity contribution >= 4 is 45.2 Å². The Bertz CT molecular complexity index is 171. The first-order valence-corrected chi connectivity index (χ1v) is 8.83. The molecule has 0 saturated heterocycles. The smallest absolute Gasteiger partial charge is 0.368 e. The van der Waals surface area contributed by atoms with Gasteiger partial charge in [-0.05, 0) is 12.8 Å². The number of hydrogen-bond donors (Lipinski definition) is 1. The van der Waals surface area contributed by atoms with Gasteiger partial charge in [0.2, 0.25) is 0 Å². The third-order valence-corrected chi connectivity index (χ3v) is 4.62. The summed E-state index contributed by atoms with van der Waals surface area (Å²) in [7, 11) is 0. The number of carbonyl (C=O) groups is 1. The van der Waals surface area contributed by atoms with Gasteiger partial charge in [-0.25, -0.2) is 0 Å². The first-order valence-electron chi connectivity index (χ1n) is 3.72. The van der Waals surface area contributed by atoms with Crippen LogP contribution < -0.4 is 0 Å². The zero-order chi connectivity index (χ0) is 10.5. The van der Waals surface area contributed by atoms with E-state index in [1.54, 1.807) is 0 Å². The predicted molar refractivity (Wildman–Crippen MR) is 55.2 cm³/mol. The number of aliphatic hydroxyl groups is 1. The van der Waals surface area contributed by atoms with Gasteiger partial charge < -0.3 is 9.84 Å². The molecule has 0 aliphatic carbocycles. The van der Waals surface area contributed by atoms with E-state index >= 15 is 0 Å². The molecular weight excluding hydrogens is 255 g/mol. The first kappa shape index (κ1) is 13.5. The second-order valence-corrected chi connectivity index (χ2v) is 11.4. The molecule has 1 atom stereocenters. The molecule has 0 rings (SSSR count). The number of carbonyl (C=O) groups excluding carboxylic acids is 1. The minimum Gasteiger partial charge on any atom is -0.466 e. The van der Waals surface area contributed by atoms with E-state index in [0.29, 0.717) is 12.8 Å². The summed E-state index contributed by atoms with van der Waals surface area (Å²) in [5.74, 6) is -0.347. The van der Waals surface area contributed by atoms with Crippen molar-refractivity contribution in [1.29, 1.82) is 0 Å². The molecular formula is C6H11Cl3O3Si. The molecule has 1 unspecified atom stereocenters. The van der Waals surface area contributed by atoms with E-state index in [2.05, 4.69) is 4.74 Å². The van der Waals surface area contributed by atoms with Crippen molar-refractivity contribution in [3.05, 3.63) is 0 Å². The molecule has 3 nitrogen and oxygen atoms in total. The molecule has 78 valence electrons. The van der Waals surface area contributed by atoms with Crippen molar-refractivity contribution in [1.82, 2.24) is 0 Å². The Balaban J connectivity index is 3.49. The quantitative estimate of drug-likeness (QED) is 0.357. The summed E-state index contributed by atoms with van der Waals surface area (Å²) < 4.78 is 4.64. The molecule has 0 radical (unpaired) electrons. The summed E-state index contributed by atoms with van der Waals surface area (Å²) in [5.41, 5.74) is -0.895. The maximum absolute atomic E-state index is 10.3. The average Bonchev–Trinajstić information content (AvgIpc) is 1.95. The number of halogens is 3. The molecule has 0 bridgehead atoms. The van der Waals surface area contributed by atoms with Crippen LogP contribution >= 0.6 is 33.2 Å². The fourth-order valence-corrected chi connectivity index (χ4v) is 2.17. The maximum Gasteiger partial charge on any atom is 0.368 e. The molecule has 0 aromatic heterocycles. The van der Waals surface area contributed by atoms with Crippen LogP contribution in [-0.4, -0.2) is 29.4 Å². The predicted octanol–water partition coefficient (Wildman–Crippen LogP) is 1.89. The third kappa shape index (κ3) is 7.58. The van der Waals surface area contributed by atoms with Gasteiger partial charge in [0.05, 0.1) is 12.3 Å². The standard InChI is InChI=1S/C6H11Cl3O3Si/c1-5(10)12-4-2-3-6(11)13(7,8)9/h6,11H,2-4H2,1H3. The maximum atomic E-state index is 10.3. The summed E-state index contributed by atoms with van der Waals surface area (Å²) in [6.07, 6.45) is 0.845. The van der Waals surface area contributed by atoms with Crippen molar-refractivity contribution in [3.8, 4) is 0 Å². The molecule has 0 aliphatic heterocycles. The van der Waals surface area contributed by atoms with Crippen molar-refractivity contribution in [2.24, 2.45) is 0 Å². The van der Waals surface area contributed by atoms with Crippen LogP contribution in [0.5, 0.6) is 0 Å². The van der Waals surface area contributed by atoms with Gasteiger partial charge in [-0.3, -0.25) is 4.79 Å². The minimum atomic E-state index is -3.01. The van der Waals surface area contributed by atoms with Gasteiger partial charge in [-0.15, -0.1) is 33.2 Å². The molecule has 0 saturated carbocycles.